The molecule has 0 heterocycles. The van der Waals surface area contributed by atoms with E-state index < -0.39 is 6.10 Å². The molecule has 1 aromatic carbocycles. The van der Waals surface area contributed by atoms with Gasteiger partial charge in [-0.15, -0.1) is 24.0 Å². The van der Waals surface area contributed by atoms with Crippen molar-refractivity contribution in [3.05, 3.63) is 35.4 Å². The first-order valence-electron chi connectivity index (χ1n) is 9.27. The van der Waals surface area contributed by atoms with Gasteiger partial charge in [-0.25, -0.2) is 0 Å². The highest BCUT2D eigenvalue weighted by Gasteiger charge is 2.14. The third kappa shape index (κ3) is 9.19. The van der Waals surface area contributed by atoms with Crippen LogP contribution in [0.5, 0.6) is 0 Å². The lowest BCUT2D eigenvalue weighted by atomic mass is 9.86. The molecule has 0 spiro atoms. The highest BCUT2D eigenvalue weighted by molar-refractivity contribution is 14.0. The molecule has 0 aromatic heterocycles. The van der Waals surface area contributed by atoms with E-state index in [1.807, 2.05) is 19.1 Å². The maximum atomic E-state index is 10.4. The molecule has 150 valence electrons. The van der Waals surface area contributed by atoms with Crippen LogP contribution >= 0.6 is 24.0 Å². The molecule has 5 nitrogen and oxygen atoms in total. The fourth-order valence-electron chi connectivity index (χ4n) is 2.35. The van der Waals surface area contributed by atoms with Crippen molar-refractivity contribution in [1.29, 1.82) is 0 Å². The first kappa shape index (κ1) is 25.1. The smallest absolute Gasteiger partial charge is 0.191 e. The van der Waals surface area contributed by atoms with Gasteiger partial charge in [-0.05, 0) is 37.1 Å². The average molecular weight is 476 g/mol. The van der Waals surface area contributed by atoms with E-state index in [1.54, 1.807) is 0 Å². The van der Waals surface area contributed by atoms with Gasteiger partial charge >= 0.3 is 0 Å². The summed E-state index contributed by atoms with van der Waals surface area (Å²) in [6.45, 7) is 14.7. The molecule has 26 heavy (non-hydrogen) atoms. The second-order valence-electron chi connectivity index (χ2n) is 7.43. The molecule has 1 aromatic rings. The number of aliphatic imine (C=N–C) groups is 1. The van der Waals surface area contributed by atoms with Gasteiger partial charge in [0.1, 0.15) is 0 Å². The number of rotatable bonds is 8. The fourth-order valence-corrected chi connectivity index (χ4v) is 2.35. The zero-order valence-corrected chi connectivity index (χ0v) is 19.5. The summed E-state index contributed by atoms with van der Waals surface area (Å²) in [7, 11) is 2.09. The summed E-state index contributed by atoms with van der Waals surface area (Å²) in [4.78, 5) is 6.75. The van der Waals surface area contributed by atoms with Crippen LogP contribution in [0.1, 0.15) is 51.8 Å². The Morgan fingerprint density at radius 2 is 1.77 bits per heavy atom. The highest BCUT2D eigenvalue weighted by atomic mass is 127. The quantitative estimate of drug-likeness (QED) is 0.307. The standard InChI is InChI=1S/C20H36N4O.HI/c1-7-21-19(22-13-14-24(6)8-2)23-15-18(25)16-9-11-17(12-10-16)20(3,4)5;/h9-12,18,25H,7-8,13-15H2,1-6H3,(H2,21,22,23);1H. The molecule has 0 bridgehead atoms. The monoisotopic (exact) mass is 476 g/mol. The number of benzene rings is 1. The van der Waals surface area contributed by atoms with Crippen molar-refractivity contribution in [1.82, 2.24) is 15.5 Å². The molecular weight excluding hydrogens is 439 g/mol. The molecule has 0 fully saturated rings. The van der Waals surface area contributed by atoms with Crippen molar-refractivity contribution in [2.45, 2.75) is 46.1 Å². The number of guanidine groups is 1. The van der Waals surface area contributed by atoms with Gasteiger partial charge < -0.3 is 20.6 Å². The summed E-state index contributed by atoms with van der Waals surface area (Å²) < 4.78 is 0. The molecule has 0 radical (unpaired) electrons. The SMILES string of the molecule is CCNC(=NCC(O)c1ccc(C(C)(C)C)cc1)NCCN(C)CC.I. The number of nitrogens with zero attached hydrogens (tertiary/aromatic N) is 2. The van der Waals surface area contributed by atoms with E-state index >= 15 is 0 Å². The second kappa shape index (κ2) is 12.5. The summed E-state index contributed by atoms with van der Waals surface area (Å²) in [6, 6.07) is 8.17. The number of hydrogen-bond donors (Lipinski definition) is 3. The average Bonchev–Trinajstić information content (AvgIpc) is 2.58. The van der Waals surface area contributed by atoms with Gasteiger partial charge in [0.15, 0.2) is 5.96 Å². The van der Waals surface area contributed by atoms with Crippen LogP contribution in [-0.4, -0.2) is 55.7 Å². The van der Waals surface area contributed by atoms with Crippen LogP contribution in [0.25, 0.3) is 0 Å². The predicted molar refractivity (Wildman–Crippen MR) is 123 cm³/mol. The summed E-state index contributed by atoms with van der Waals surface area (Å²) in [6.07, 6.45) is -0.595. The zero-order chi connectivity index (χ0) is 18.9. The molecule has 0 saturated heterocycles. The van der Waals surface area contributed by atoms with Crippen molar-refractivity contribution in [3.63, 3.8) is 0 Å². The Balaban J connectivity index is 0.00000625. The van der Waals surface area contributed by atoms with E-state index in [-0.39, 0.29) is 29.4 Å². The Labute approximate surface area is 176 Å². The molecule has 1 atom stereocenters. The Morgan fingerprint density at radius 3 is 2.27 bits per heavy atom. The lowest BCUT2D eigenvalue weighted by molar-refractivity contribution is 0.187. The number of hydrogen-bond acceptors (Lipinski definition) is 3. The van der Waals surface area contributed by atoms with Gasteiger partial charge in [0.2, 0.25) is 0 Å². The summed E-state index contributed by atoms with van der Waals surface area (Å²) in [5.41, 5.74) is 2.29. The van der Waals surface area contributed by atoms with E-state index in [0.717, 1.165) is 37.7 Å². The van der Waals surface area contributed by atoms with Gasteiger partial charge in [0.25, 0.3) is 0 Å². The van der Waals surface area contributed by atoms with Crippen molar-refractivity contribution >= 4 is 29.9 Å². The normalized spacial score (nSPS) is 13.3. The minimum Gasteiger partial charge on any atom is -0.386 e. The van der Waals surface area contributed by atoms with Gasteiger partial charge in [0.05, 0.1) is 12.6 Å². The molecular formula is C20H37IN4O. The van der Waals surface area contributed by atoms with Crippen molar-refractivity contribution in [3.8, 4) is 0 Å². The number of likely N-dealkylation sites (N-methyl/N-ethyl adjacent to an activating group) is 1. The van der Waals surface area contributed by atoms with E-state index in [0.29, 0.717) is 6.54 Å². The molecule has 3 N–H and O–H groups in total. The Hall–Kier alpha value is -0.860. The lowest BCUT2D eigenvalue weighted by Crippen LogP contribution is -2.41. The molecule has 0 aliphatic heterocycles. The first-order valence-corrected chi connectivity index (χ1v) is 9.27. The molecule has 0 aliphatic rings. The Morgan fingerprint density at radius 1 is 1.15 bits per heavy atom. The molecule has 0 saturated carbocycles. The van der Waals surface area contributed by atoms with Gasteiger partial charge in [-0.3, -0.25) is 4.99 Å². The van der Waals surface area contributed by atoms with E-state index in [1.165, 1.54) is 5.56 Å². The first-order chi connectivity index (χ1) is 11.8. The van der Waals surface area contributed by atoms with E-state index in [9.17, 15) is 5.11 Å². The van der Waals surface area contributed by atoms with Crippen LogP contribution in [0.15, 0.2) is 29.3 Å². The van der Waals surface area contributed by atoms with Crippen molar-refractivity contribution in [2.24, 2.45) is 4.99 Å². The molecule has 1 rings (SSSR count). The summed E-state index contributed by atoms with van der Waals surface area (Å²) in [5.74, 6) is 0.748. The van der Waals surface area contributed by atoms with Gasteiger partial charge in [0, 0.05) is 19.6 Å². The topological polar surface area (TPSA) is 59.9 Å². The minimum atomic E-state index is -0.595. The minimum absolute atomic E-state index is 0. The molecule has 0 aliphatic carbocycles. The molecule has 0 amide bonds. The maximum Gasteiger partial charge on any atom is 0.191 e. The number of nitrogens with one attached hydrogen (secondary N) is 2. The van der Waals surface area contributed by atoms with Crippen molar-refractivity contribution < 1.29 is 5.11 Å². The van der Waals surface area contributed by atoms with Crippen molar-refractivity contribution in [2.75, 3.05) is 39.8 Å². The lowest BCUT2D eigenvalue weighted by Gasteiger charge is -2.20. The van der Waals surface area contributed by atoms with Gasteiger partial charge in [-0.2, -0.15) is 0 Å². The fraction of sp³-hybridized carbons (Fsp3) is 0.650. The third-order valence-electron chi connectivity index (χ3n) is 4.25. The predicted octanol–water partition coefficient (Wildman–Crippen LogP) is 3.14. The van der Waals surface area contributed by atoms with Crippen LogP contribution in [0.4, 0.5) is 0 Å². The number of aliphatic hydroxyl groups excluding tert-OH is 1. The largest absolute Gasteiger partial charge is 0.386 e. The molecule has 6 heteroatoms. The zero-order valence-electron chi connectivity index (χ0n) is 17.2. The summed E-state index contributed by atoms with van der Waals surface area (Å²) >= 11 is 0. The van der Waals surface area contributed by atoms with Crippen LogP contribution in [0.2, 0.25) is 0 Å². The van der Waals surface area contributed by atoms with Crippen LogP contribution < -0.4 is 10.6 Å². The van der Waals surface area contributed by atoms with E-state index in [2.05, 4.69) is 67.4 Å². The molecule has 1 unspecified atom stereocenters. The number of aliphatic hydroxyl groups is 1. The van der Waals surface area contributed by atoms with Crippen LogP contribution in [0, 0.1) is 0 Å². The summed E-state index contributed by atoms with van der Waals surface area (Å²) in [5, 5.41) is 16.9. The third-order valence-corrected chi connectivity index (χ3v) is 4.25. The van der Waals surface area contributed by atoms with Crippen LogP contribution in [-0.2, 0) is 5.41 Å². The van der Waals surface area contributed by atoms with Gasteiger partial charge in [-0.1, -0.05) is 52.0 Å². The Bertz CT molecular complexity index is 526. The number of halogens is 1. The Kier molecular flexibility index (Phi) is 12.1. The second-order valence-corrected chi connectivity index (χ2v) is 7.43. The maximum absolute atomic E-state index is 10.4. The van der Waals surface area contributed by atoms with E-state index in [4.69, 9.17) is 0 Å². The highest BCUT2D eigenvalue weighted by Crippen LogP contribution is 2.24. The van der Waals surface area contributed by atoms with Crippen LogP contribution in [0.3, 0.4) is 0 Å².